The second-order valence-corrected chi connectivity index (χ2v) is 4.01. The van der Waals surface area contributed by atoms with Gasteiger partial charge < -0.3 is 0 Å². The summed E-state index contributed by atoms with van der Waals surface area (Å²) in [7, 11) is 0. The smallest absolute Gasteiger partial charge is 0.0949 e. The molecule has 0 amide bonds. The van der Waals surface area contributed by atoms with Crippen molar-refractivity contribution in [2.24, 2.45) is 5.41 Å². The summed E-state index contributed by atoms with van der Waals surface area (Å²) in [5.74, 6) is 0. The van der Waals surface area contributed by atoms with E-state index >= 15 is 0 Å². The van der Waals surface area contributed by atoms with E-state index in [1.54, 1.807) is 0 Å². The summed E-state index contributed by atoms with van der Waals surface area (Å²) in [6.45, 7) is 5.66. The van der Waals surface area contributed by atoms with Gasteiger partial charge in [0.2, 0.25) is 0 Å². The molecule has 1 fully saturated rings. The third kappa shape index (κ3) is 2.20. The first kappa shape index (κ1) is 10.0. The fourth-order valence-electron chi connectivity index (χ4n) is 1.60. The van der Waals surface area contributed by atoms with Crippen LogP contribution in [0.25, 0.3) is 0 Å². The van der Waals surface area contributed by atoms with E-state index in [1.807, 2.05) is 13.8 Å². The maximum absolute atomic E-state index is 8.90. The Bertz CT molecular complexity index is 250. The summed E-state index contributed by atoms with van der Waals surface area (Å²) in [4.78, 5) is 2.14. The van der Waals surface area contributed by atoms with Crippen molar-refractivity contribution >= 4 is 0 Å². The molecule has 0 bridgehead atoms. The molecule has 1 unspecified atom stereocenters. The van der Waals surface area contributed by atoms with Crippen molar-refractivity contribution in [2.45, 2.75) is 32.7 Å². The molecular formula is C10H15N3. The van der Waals surface area contributed by atoms with Gasteiger partial charge in [0.15, 0.2) is 0 Å². The number of rotatable bonds is 1. The van der Waals surface area contributed by atoms with E-state index < -0.39 is 0 Å². The van der Waals surface area contributed by atoms with Gasteiger partial charge in [0, 0.05) is 13.1 Å². The summed E-state index contributed by atoms with van der Waals surface area (Å²) in [6, 6.07) is 4.56. The maximum atomic E-state index is 8.90. The summed E-state index contributed by atoms with van der Waals surface area (Å²) in [5.41, 5.74) is -0.161. The molecule has 1 heterocycles. The van der Waals surface area contributed by atoms with Crippen molar-refractivity contribution in [2.75, 3.05) is 13.1 Å². The molecule has 1 rings (SSSR count). The van der Waals surface area contributed by atoms with Crippen LogP contribution in [0.2, 0.25) is 0 Å². The summed E-state index contributed by atoms with van der Waals surface area (Å²) in [6.07, 6.45) is 1.77. The molecule has 0 spiro atoms. The lowest BCUT2D eigenvalue weighted by atomic mass is 9.82. The highest BCUT2D eigenvalue weighted by atomic mass is 15.2. The molecule has 1 atom stereocenters. The molecule has 0 aromatic rings. The molecule has 0 N–H and O–H groups in total. The molecule has 0 saturated carbocycles. The Morgan fingerprint density at radius 3 is 2.23 bits per heavy atom. The van der Waals surface area contributed by atoms with Crippen LogP contribution >= 0.6 is 0 Å². The maximum Gasteiger partial charge on any atom is 0.0949 e. The van der Waals surface area contributed by atoms with Crippen LogP contribution in [0, 0.1) is 28.1 Å². The predicted molar refractivity (Wildman–Crippen MR) is 49.6 cm³/mol. The Balaban J connectivity index is 2.50. The average molecular weight is 177 g/mol. The Morgan fingerprint density at radius 2 is 1.85 bits per heavy atom. The van der Waals surface area contributed by atoms with E-state index in [9.17, 15) is 0 Å². The molecule has 0 radical (unpaired) electrons. The lowest BCUT2D eigenvalue weighted by Gasteiger charge is -2.36. The van der Waals surface area contributed by atoms with E-state index in [4.69, 9.17) is 10.5 Å². The molecule has 70 valence electrons. The Hall–Kier alpha value is -1.06. The van der Waals surface area contributed by atoms with Crippen LogP contribution in [0.15, 0.2) is 0 Å². The molecule has 0 aromatic carbocycles. The summed E-state index contributed by atoms with van der Waals surface area (Å²) in [5, 5.41) is 17.6. The van der Waals surface area contributed by atoms with E-state index in [2.05, 4.69) is 17.0 Å². The number of hydrogen-bond donors (Lipinski definition) is 0. The number of piperidine rings is 1. The van der Waals surface area contributed by atoms with Crippen LogP contribution in [0.4, 0.5) is 0 Å². The van der Waals surface area contributed by atoms with Crippen molar-refractivity contribution in [1.29, 1.82) is 10.5 Å². The second-order valence-electron chi connectivity index (χ2n) is 4.01. The minimum absolute atomic E-state index is 0.0109. The van der Waals surface area contributed by atoms with E-state index in [0.29, 0.717) is 0 Å². The number of nitriles is 2. The van der Waals surface area contributed by atoms with Crippen LogP contribution in [0.1, 0.15) is 26.7 Å². The number of hydrogen-bond acceptors (Lipinski definition) is 3. The van der Waals surface area contributed by atoms with Crippen LogP contribution in [-0.4, -0.2) is 24.0 Å². The van der Waals surface area contributed by atoms with Gasteiger partial charge >= 0.3 is 0 Å². The zero-order chi connectivity index (χ0) is 9.90. The van der Waals surface area contributed by atoms with Crippen molar-refractivity contribution in [3.8, 4) is 12.1 Å². The highest BCUT2D eigenvalue weighted by Gasteiger charge is 2.31. The average Bonchev–Trinajstić information content (AvgIpc) is 2.18. The van der Waals surface area contributed by atoms with Gasteiger partial charge in [-0.2, -0.15) is 10.5 Å². The number of likely N-dealkylation sites (tertiary alicyclic amines) is 1. The first-order valence-electron chi connectivity index (χ1n) is 4.66. The minimum atomic E-state index is -0.161. The molecule has 0 aliphatic carbocycles. The molecular weight excluding hydrogens is 162 g/mol. The lowest BCUT2D eigenvalue weighted by molar-refractivity contribution is 0.140. The molecule has 3 nitrogen and oxygen atoms in total. The predicted octanol–water partition coefficient (Wildman–Crippen LogP) is 1.52. The largest absolute Gasteiger partial charge is 0.288 e. The molecule has 0 aromatic heterocycles. The topological polar surface area (TPSA) is 50.8 Å². The first-order valence-corrected chi connectivity index (χ1v) is 4.66. The highest BCUT2D eigenvalue weighted by molar-refractivity contribution is 5.01. The quantitative estimate of drug-likeness (QED) is 0.610. The van der Waals surface area contributed by atoms with Gasteiger partial charge in [-0.3, -0.25) is 4.90 Å². The van der Waals surface area contributed by atoms with Gasteiger partial charge in [-0.25, -0.2) is 0 Å². The second kappa shape index (κ2) is 3.77. The lowest BCUT2D eigenvalue weighted by Crippen LogP contribution is -2.42. The SMILES string of the molecule is CC(C#N)N1CCC(C)(C#N)CC1. The zero-order valence-corrected chi connectivity index (χ0v) is 8.25. The molecule has 1 saturated heterocycles. The summed E-state index contributed by atoms with van der Waals surface area (Å²) < 4.78 is 0. The highest BCUT2D eigenvalue weighted by Crippen LogP contribution is 2.30. The van der Waals surface area contributed by atoms with Crippen molar-refractivity contribution < 1.29 is 0 Å². The Labute approximate surface area is 79.6 Å². The fourth-order valence-corrected chi connectivity index (χ4v) is 1.60. The third-order valence-corrected chi connectivity index (χ3v) is 2.91. The van der Waals surface area contributed by atoms with E-state index in [-0.39, 0.29) is 11.5 Å². The standard InChI is InChI=1S/C10H15N3/c1-9(7-11)13-5-3-10(2,8-12)4-6-13/h9H,3-6H2,1-2H3. The Morgan fingerprint density at radius 1 is 1.31 bits per heavy atom. The normalized spacial score (nSPS) is 24.3. The van der Waals surface area contributed by atoms with Crippen molar-refractivity contribution in [1.82, 2.24) is 4.90 Å². The third-order valence-electron chi connectivity index (χ3n) is 2.91. The first-order chi connectivity index (χ1) is 6.11. The monoisotopic (exact) mass is 177 g/mol. The Kier molecular flexibility index (Phi) is 2.90. The van der Waals surface area contributed by atoms with Crippen LogP contribution in [0.3, 0.4) is 0 Å². The van der Waals surface area contributed by atoms with Gasteiger partial charge in [0.25, 0.3) is 0 Å². The van der Waals surface area contributed by atoms with Crippen LogP contribution in [-0.2, 0) is 0 Å². The fraction of sp³-hybridized carbons (Fsp3) is 0.800. The molecule has 13 heavy (non-hydrogen) atoms. The minimum Gasteiger partial charge on any atom is -0.288 e. The van der Waals surface area contributed by atoms with E-state index in [0.717, 1.165) is 25.9 Å². The van der Waals surface area contributed by atoms with Crippen LogP contribution in [0.5, 0.6) is 0 Å². The molecule has 3 heteroatoms. The number of nitrogens with zero attached hydrogens (tertiary/aromatic N) is 3. The molecule has 1 aliphatic rings. The van der Waals surface area contributed by atoms with Crippen molar-refractivity contribution in [3.05, 3.63) is 0 Å². The van der Waals surface area contributed by atoms with E-state index in [1.165, 1.54) is 0 Å². The van der Waals surface area contributed by atoms with Gasteiger partial charge in [-0.05, 0) is 26.7 Å². The molecule has 1 aliphatic heterocycles. The van der Waals surface area contributed by atoms with Gasteiger partial charge in [-0.15, -0.1) is 0 Å². The van der Waals surface area contributed by atoms with Crippen molar-refractivity contribution in [3.63, 3.8) is 0 Å². The van der Waals surface area contributed by atoms with Gasteiger partial charge in [0.1, 0.15) is 0 Å². The van der Waals surface area contributed by atoms with Gasteiger partial charge in [0.05, 0.1) is 23.6 Å². The summed E-state index contributed by atoms with van der Waals surface area (Å²) >= 11 is 0. The zero-order valence-electron chi connectivity index (χ0n) is 8.25. The van der Waals surface area contributed by atoms with Crippen LogP contribution < -0.4 is 0 Å². The van der Waals surface area contributed by atoms with Gasteiger partial charge in [-0.1, -0.05) is 0 Å².